The molecule has 2 aromatic carbocycles. The predicted octanol–water partition coefficient (Wildman–Crippen LogP) is 6.03. The number of benzene rings is 2. The third-order valence-corrected chi connectivity index (χ3v) is 7.57. The Labute approximate surface area is 232 Å². The Morgan fingerprint density at radius 3 is 2.56 bits per heavy atom. The molecule has 1 aliphatic heterocycles. The molecule has 1 aliphatic rings. The van der Waals surface area contributed by atoms with Crippen LogP contribution in [0.2, 0.25) is 0 Å². The average Bonchev–Trinajstić information content (AvgIpc) is 3.60. The zero-order valence-electron chi connectivity index (χ0n) is 23.7. The third kappa shape index (κ3) is 7.02. The molecule has 0 N–H and O–H groups in total. The predicted molar refractivity (Wildman–Crippen MR) is 153 cm³/mol. The summed E-state index contributed by atoms with van der Waals surface area (Å²) in [5, 5.41) is 0. The van der Waals surface area contributed by atoms with Crippen LogP contribution in [0.5, 0.6) is 11.5 Å². The summed E-state index contributed by atoms with van der Waals surface area (Å²) in [6.07, 6.45) is 5.79. The Kier molecular flexibility index (Phi) is 9.69. The molecule has 0 fully saturated rings. The number of rotatable bonds is 13. The third-order valence-electron chi connectivity index (χ3n) is 7.57. The van der Waals surface area contributed by atoms with Crippen LogP contribution in [-0.2, 0) is 17.9 Å². The molecule has 0 bridgehead atoms. The second-order valence-corrected chi connectivity index (χ2v) is 10.3. The summed E-state index contributed by atoms with van der Waals surface area (Å²) < 4.78 is 13.1. The van der Waals surface area contributed by atoms with Crippen LogP contribution in [0.3, 0.4) is 0 Å². The number of aryl methyl sites for hydroxylation is 1. The van der Waals surface area contributed by atoms with Gasteiger partial charge in [-0.25, -0.2) is 0 Å². The van der Waals surface area contributed by atoms with Crippen molar-refractivity contribution in [2.24, 2.45) is 0 Å². The molecule has 1 aromatic heterocycles. The van der Waals surface area contributed by atoms with Crippen LogP contribution in [0.25, 0.3) is 0 Å². The van der Waals surface area contributed by atoms with Crippen LogP contribution in [0.15, 0.2) is 60.8 Å². The number of amides is 2. The highest BCUT2D eigenvalue weighted by molar-refractivity contribution is 5.97. The first-order chi connectivity index (χ1) is 18.9. The van der Waals surface area contributed by atoms with E-state index >= 15 is 0 Å². The lowest BCUT2D eigenvalue weighted by Gasteiger charge is -2.32. The maximum atomic E-state index is 13.8. The Morgan fingerprint density at radius 1 is 1.00 bits per heavy atom. The summed E-state index contributed by atoms with van der Waals surface area (Å²) in [6, 6.07) is 17.8. The lowest BCUT2D eigenvalue weighted by molar-refractivity contribution is -0.134. The van der Waals surface area contributed by atoms with E-state index in [0.717, 1.165) is 37.9 Å². The molecular weight excluding hydrogens is 490 g/mol. The number of aromatic nitrogens is 1. The number of nitrogens with zero attached hydrogens (tertiary/aromatic N) is 3. The van der Waals surface area contributed by atoms with E-state index in [0.29, 0.717) is 30.2 Å². The van der Waals surface area contributed by atoms with E-state index in [9.17, 15) is 9.59 Å². The van der Waals surface area contributed by atoms with Gasteiger partial charge in [-0.3, -0.25) is 9.59 Å². The second kappa shape index (κ2) is 13.4. The molecule has 0 radical (unpaired) electrons. The lowest BCUT2D eigenvalue weighted by atomic mass is 10.1. The summed E-state index contributed by atoms with van der Waals surface area (Å²) in [7, 11) is 0. The van der Waals surface area contributed by atoms with Crippen molar-refractivity contribution in [1.29, 1.82) is 0 Å². The van der Waals surface area contributed by atoms with Crippen molar-refractivity contribution >= 4 is 11.8 Å². The monoisotopic (exact) mass is 531 g/mol. The van der Waals surface area contributed by atoms with E-state index in [1.165, 1.54) is 11.1 Å². The fraction of sp³-hybridized carbons (Fsp3) is 0.438. The van der Waals surface area contributed by atoms with Gasteiger partial charge in [0.2, 0.25) is 12.7 Å². The fourth-order valence-electron chi connectivity index (χ4n) is 4.87. The van der Waals surface area contributed by atoms with Gasteiger partial charge in [-0.15, -0.1) is 0 Å². The molecule has 39 heavy (non-hydrogen) atoms. The molecule has 208 valence electrons. The highest BCUT2D eigenvalue weighted by Gasteiger charge is 2.26. The van der Waals surface area contributed by atoms with Crippen LogP contribution >= 0.6 is 0 Å². The minimum atomic E-state index is -0.162. The number of hydrogen-bond donors (Lipinski definition) is 0. The van der Waals surface area contributed by atoms with Crippen LogP contribution in [0.4, 0.5) is 0 Å². The quantitative estimate of drug-likeness (QED) is 0.253. The molecule has 7 heteroatoms. The Balaban J connectivity index is 1.52. The molecule has 1 atom stereocenters. The highest BCUT2D eigenvalue weighted by Crippen LogP contribution is 2.33. The lowest BCUT2D eigenvalue weighted by Crippen LogP contribution is -2.46. The molecule has 0 saturated carbocycles. The van der Waals surface area contributed by atoms with E-state index in [2.05, 4.69) is 68.8 Å². The molecule has 3 aromatic rings. The van der Waals surface area contributed by atoms with Gasteiger partial charge in [0.1, 0.15) is 6.54 Å². The molecule has 0 aliphatic carbocycles. The maximum Gasteiger partial charge on any atom is 0.254 e. The minimum Gasteiger partial charge on any atom is -0.454 e. The number of hydrogen-bond acceptors (Lipinski definition) is 4. The first kappa shape index (κ1) is 28.3. The van der Waals surface area contributed by atoms with Crippen molar-refractivity contribution in [3.63, 3.8) is 0 Å². The number of unbranched alkanes of at least 4 members (excludes halogenated alkanes) is 2. The van der Waals surface area contributed by atoms with Gasteiger partial charge in [-0.1, -0.05) is 51.0 Å². The molecule has 7 nitrogen and oxygen atoms in total. The number of fused-ring (bicyclic) bond motifs is 1. The number of carbonyl (C=O) groups is 2. The Bertz CT molecular complexity index is 1270. The van der Waals surface area contributed by atoms with E-state index in [4.69, 9.17) is 9.47 Å². The first-order valence-corrected chi connectivity index (χ1v) is 14.1. The van der Waals surface area contributed by atoms with E-state index in [-0.39, 0.29) is 31.2 Å². The Morgan fingerprint density at radius 2 is 1.79 bits per heavy atom. The topological polar surface area (TPSA) is 64.0 Å². The summed E-state index contributed by atoms with van der Waals surface area (Å²) in [5.41, 5.74) is 4.09. The van der Waals surface area contributed by atoms with Crippen molar-refractivity contribution in [2.75, 3.05) is 19.9 Å². The van der Waals surface area contributed by atoms with Gasteiger partial charge in [-0.2, -0.15) is 0 Å². The Hall–Kier alpha value is -3.74. The van der Waals surface area contributed by atoms with Gasteiger partial charge < -0.3 is 23.8 Å². The second-order valence-electron chi connectivity index (χ2n) is 10.3. The molecule has 0 spiro atoms. The first-order valence-electron chi connectivity index (χ1n) is 14.1. The molecule has 4 rings (SSSR count). The molecule has 2 amide bonds. The smallest absolute Gasteiger partial charge is 0.254 e. The van der Waals surface area contributed by atoms with Gasteiger partial charge in [0.25, 0.3) is 5.91 Å². The van der Waals surface area contributed by atoms with Gasteiger partial charge in [0.15, 0.2) is 11.5 Å². The summed E-state index contributed by atoms with van der Waals surface area (Å²) in [5.74, 6) is 0.997. The zero-order chi connectivity index (χ0) is 27.8. The highest BCUT2D eigenvalue weighted by atomic mass is 16.7. The van der Waals surface area contributed by atoms with E-state index in [1.54, 1.807) is 23.1 Å². The average molecular weight is 532 g/mol. The van der Waals surface area contributed by atoms with E-state index in [1.807, 2.05) is 11.0 Å². The van der Waals surface area contributed by atoms with Crippen molar-refractivity contribution in [2.45, 2.75) is 72.5 Å². The number of carbonyl (C=O) groups excluding carboxylic acids is 2. The van der Waals surface area contributed by atoms with Crippen molar-refractivity contribution < 1.29 is 19.1 Å². The van der Waals surface area contributed by atoms with Crippen LogP contribution in [0, 0.1) is 6.92 Å². The number of ether oxygens (including phenoxy) is 2. The van der Waals surface area contributed by atoms with Crippen molar-refractivity contribution in [3.8, 4) is 11.5 Å². The minimum absolute atomic E-state index is 0.0393. The van der Waals surface area contributed by atoms with Gasteiger partial charge >= 0.3 is 0 Å². The summed E-state index contributed by atoms with van der Waals surface area (Å²) in [6.45, 7) is 10.4. The van der Waals surface area contributed by atoms with Gasteiger partial charge in [0.05, 0.1) is 6.54 Å². The van der Waals surface area contributed by atoms with Crippen LogP contribution in [0.1, 0.15) is 73.6 Å². The normalized spacial score (nSPS) is 12.8. The molecular formula is C32H41N3O4. The maximum absolute atomic E-state index is 13.8. The summed E-state index contributed by atoms with van der Waals surface area (Å²) >= 11 is 0. The van der Waals surface area contributed by atoms with Gasteiger partial charge in [-0.05, 0) is 68.1 Å². The van der Waals surface area contributed by atoms with E-state index < -0.39 is 0 Å². The molecule has 2 heterocycles. The van der Waals surface area contributed by atoms with Gasteiger partial charge in [0, 0.05) is 36.6 Å². The molecule has 1 unspecified atom stereocenters. The largest absolute Gasteiger partial charge is 0.454 e. The van der Waals surface area contributed by atoms with Crippen molar-refractivity contribution in [1.82, 2.24) is 14.4 Å². The standard InChI is InChI=1S/C32H41N3O4/c1-5-7-10-17-34(32(37)26-15-16-29-30(19-26)39-23-38-29)22-31(36)35(25(4)6-2)21-28-14-11-18-33(28)20-27-13-9-8-12-24(27)3/h8-9,11-16,18-19,25H,5-7,10,17,20-23H2,1-4H3. The SMILES string of the molecule is CCCCCN(CC(=O)N(Cc1cccn1Cc1ccccc1C)C(C)CC)C(=O)c1ccc2c(c1)OCO2. The zero-order valence-corrected chi connectivity index (χ0v) is 23.7. The summed E-state index contributed by atoms with van der Waals surface area (Å²) in [4.78, 5) is 31.0. The molecule has 0 saturated heterocycles. The fourth-order valence-corrected chi connectivity index (χ4v) is 4.87. The van der Waals surface area contributed by atoms with Crippen LogP contribution in [-0.4, -0.2) is 52.1 Å². The van der Waals surface area contributed by atoms with Crippen molar-refractivity contribution in [3.05, 3.63) is 83.2 Å². The van der Waals surface area contributed by atoms with Crippen LogP contribution < -0.4 is 9.47 Å².